The van der Waals surface area contributed by atoms with Crippen LogP contribution in [0.3, 0.4) is 0 Å². The molecule has 0 aromatic carbocycles. The van der Waals surface area contributed by atoms with Gasteiger partial charge >= 0.3 is 0 Å². The Labute approximate surface area is 94.9 Å². The van der Waals surface area contributed by atoms with Gasteiger partial charge in [-0.2, -0.15) is 0 Å². The number of halogens is 1. The van der Waals surface area contributed by atoms with Crippen LogP contribution in [-0.4, -0.2) is 40.5 Å². The van der Waals surface area contributed by atoms with E-state index in [1.54, 1.807) is 0 Å². The third-order valence-corrected chi connectivity index (χ3v) is 3.16. The predicted octanol–water partition coefficient (Wildman–Crippen LogP) is 1.51. The minimum absolute atomic E-state index is 0.386. The summed E-state index contributed by atoms with van der Waals surface area (Å²) in [7, 11) is 2.13. The lowest BCUT2D eigenvalue weighted by molar-refractivity contribution is 0.190. The van der Waals surface area contributed by atoms with Crippen molar-refractivity contribution in [3.05, 3.63) is 18.2 Å². The van der Waals surface area contributed by atoms with Gasteiger partial charge in [-0.1, -0.05) is 0 Å². The maximum absolute atomic E-state index is 12.6. The molecule has 1 N–H and O–H groups in total. The fourth-order valence-corrected chi connectivity index (χ4v) is 1.99. The fraction of sp³-hybridized carbons (Fsp3) is 0.636. The molecule has 2 rings (SSSR count). The van der Waals surface area contributed by atoms with E-state index in [-0.39, 0.29) is 0 Å². The van der Waals surface area contributed by atoms with Gasteiger partial charge in [0.2, 0.25) is 5.95 Å². The number of rotatable bonds is 2. The summed E-state index contributed by atoms with van der Waals surface area (Å²) in [4.78, 5) is 10.1. The second-order valence-electron chi connectivity index (χ2n) is 4.42. The molecular weight excluding hydrogens is 207 g/mol. The molecule has 0 bridgehead atoms. The summed E-state index contributed by atoms with van der Waals surface area (Å²) in [6.45, 7) is 3.28. The van der Waals surface area contributed by atoms with E-state index in [2.05, 4.69) is 34.2 Å². The highest BCUT2D eigenvalue weighted by Crippen LogP contribution is 2.17. The maximum Gasteiger partial charge on any atom is 0.222 e. The van der Waals surface area contributed by atoms with Crippen LogP contribution in [0.1, 0.15) is 19.8 Å². The Hall–Kier alpha value is -1.23. The maximum atomic E-state index is 12.6. The predicted molar refractivity (Wildman–Crippen MR) is 60.7 cm³/mol. The van der Waals surface area contributed by atoms with Crippen LogP contribution in [0.25, 0.3) is 0 Å². The minimum atomic E-state index is -0.401. The van der Waals surface area contributed by atoms with Gasteiger partial charge in [-0.25, -0.2) is 14.4 Å². The van der Waals surface area contributed by atoms with Crippen molar-refractivity contribution in [3.63, 3.8) is 0 Å². The van der Waals surface area contributed by atoms with Gasteiger partial charge in [-0.05, 0) is 26.8 Å². The lowest BCUT2D eigenvalue weighted by atomic mass is 9.99. The summed E-state index contributed by atoms with van der Waals surface area (Å²) in [6.07, 6.45) is 4.51. The fourth-order valence-electron chi connectivity index (χ4n) is 1.99. The van der Waals surface area contributed by atoms with Crippen molar-refractivity contribution in [1.29, 1.82) is 0 Å². The number of anilines is 1. The van der Waals surface area contributed by atoms with Crippen molar-refractivity contribution < 1.29 is 4.39 Å². The third-order valence-electron chi connectivity index (χ3n) is 3.16. The molecule has 1 aromatic heterocycles. The summed E-state index contributed by atoms with van der Waals surface area (Å²) in [5.74, 6) is 0.116. The van der Waals surface area contributed by atoms with Crippen molar-refractivity contribution in [2.45, 2.75) is 31.8 Å². The summed E-state index contributed by atoms with van der Waals surface area (Å²) >= 11 is 0. The molecule has 2 heterocycles. The number of nitrogens with one attached hydrogen (secondary N) is 1. The molecule has 0 saturated carbocycles. The zero-order chi connectivity index (χ0) is 11.5. The van der Waals surface area contributed by atoms with Crippen LogP contribution in [-0.2, 0) is 0 Å². The number of hydrogen-bond acceptors (Lipinski definition) is 4. The molecule has 0 amide bonds. The first-order valence-corrected chi connectivity index (χ1v) is 5.59. The largest absolute Gasteiger partial charge is 0.351 e. The van der Waals surface area contributed by atoms with Gasteiger partial charge in [0, 0.05) is 18.6 Å². The molecule has 1 aliphatic rings. The molecule has 2 unspecified atom stereocenters. The van der Waals surface area contributed by atoms with Crippen LogP contribution in [0, 0.1) is 5.82 Å². The van der Waals surface area contributed by atoms with Crippen molar-refractivity contribution in [1.82, 2.24) is 14.9 Å². The van der Waals surface area contributed by atoms with E-state index in [0.717, 1.165) is 19.4 Å². The lowest BCUT2D eigenvalue weighted by Gasteiger charge is -2.35. The van der Waals surface area contributed by atoms with Crippen LogP contribution < -0.4 is 5.32 Å². The average molecular weight is 224 g/mol. The van der Waals surface area contributed by atoms with Gasteiger partial charge in [0.25, 0.3) is 0 Å². The van der Waals surface area contributed by atoms with E-state index < -0.39 is 5.82 Å². The van der Waals surface area contributed by atoms with Crippen LogP contribution in [0.4, 0.5) is 10.3 Å². The number of hydrogen-bond donors (Lipinski definition) is 1. The average Bonchev–Trinajstić information content (AvgIpc) is 2.27. The number of piperidine rings is 1. The molecule has 0 spiro atoms. The quantitative estimate of drug-likeness (QED) is 0.826. The topological polar surface area (TPSA) is 41.1 Å². The Kier molecular flexibility index (Phi) is 3.33. The molecule has 1 aromatic rings. The van der Waals surface area contributed by atoms with Gasteiger partial charge in [0.05, 0.1) is 12.4 Å². The first kappa shape index (κ1) is 11.3. The molecule has 2 atom stereocenters. The smallest absolute Gasteiger partial charge is 0.222 e. The van der Waals surface area contributed by atoms with Crippen molar-refractivity contribution in [2.75, 3.05) is 18.9 Å². The van der Waals surface area contributed by atoms with Gasteiger partial charge in [0.1, 0.15) is 0 Å². The van der Waals surface area contributed by atoms with Gasteiger partial charge < -0.3 is 10.2 Å². The minimum Gasteiger partial charge on any atom is -0.351 e. The van der Waals surface area contributed by atoms with Crippen molar-refractivity contribution in [3.8, 4) is 0 Å². The highest BCUT2D eigenvalue weighted by atomic mass is 19.1. The molecule has 0 aliphatic carbocycles. The number of likely N-dealkylation sites (tertiary alicyclic amines) is 1. The second-order valence-corrected chi connectivity index (χ2v) is 4.42. The Morgan fingerprint density at radius 2 is 2.12 bits per heavy atom. The monoisotopic (exact) mass is 224 g/mol. The summed E-state index contributed by atoms with van der Waals surface area (Å²) in [6, 6.07) is 0.948. The van der Waals surface area contributed by atoms with Gasteiger partial charge in [-0.15, -0.1) is 0 Å². The lowest BCUT2D eigenvalue weighted by Crippen LogP contribution is -2.42. The van der Waals surface area contributed by atoms with Crippen LogP contribution >= 0.6 is 0 Å². The molecular formula is C11H17FN4. The first-order valence-electron chi connectivity index (χ1n) is 5.59. The SMILES string of the molecule is CC1CC(Nc2ncc(F)cn2)CCN1C. The molecule has 1 fully saturated rings. The standard InChI is InChI=1S/C11H17FN4/c1-8-5-10(3-4-16(8)2)15-11-13-6-9(12)7-14-11/h6-8,10H,3-5H2,1-2H3,(H,13,14,15). The third kappa shape index (κ3) is 2.66. The zero-order valence-electron chi connectivity index (χ0n) is 9.65. The summed E-state index contributed by atoms with van der Waals surface area (Å²) in [5.41, 5.74) is 0. The highest BCUT2D eigenvalue weighted by Gasteiger charge is 2.22. The van der Waals surface area contributed by atoms with E-state index in [1.807, 2.05) is 0 Å². The van der Waals surface area contributed by atoms with Crippen LogP contribution in [0.15, 0.2) is 12.4 Å². The Bertz CT molecular complexity index is 340. The summed E-state index contributed by atoms with van der Waals surface area (Å²) in [5, 5.41) is 3.24. The zero-order valence-corrected chi connectivity index (χ0v) is 9.65. The molecule has 16 heavy (non-hydrogen) atoms. The number of nitrogens with zero attached hydrogens (tertiary/aromatic N) is 3. The number of aromatic nitrogens is 2. The Morgan fingerprint density at radius 3 is 2.75 bits per heavy atom. The van der Waals surface area contributed by atoms with E-state index >= 15 is 0 Å². The second kappa shape index (κ2) is 4.74. The Balaban J connectivity index is 1.93. The van der Waals surface area contributed by atoms with Crippen molar-refractivity contribution >= 4 is 5.95 Å². The molecule has 1 saturated heterocycles. The van der Waals surface area contributed by atoms with E-state index in [9.17, 15) is 4.39 Å². The molecule has 5 heteroatoms. The van der Waals surface area contributed by atoms with Crippen molar-refractivity contribution in [2.24, 2.45) is 0 Å². The first-order chi connectivity index (χ1) is 7.65. The Morgan fingerprint density at radius 1 is 1.44 bits per heavy atom. The molecule has 1 aliphatic heterocycles. The van der Waals surface area contributed by atoms with Crippen LogP contribution in [0.2, 0.25) is 0 Å². The molecule has 0 radical (unpaired) electrons. The van der Waals surface area contributed by atoms with E-state index in [4.69, 9.17) is 0 Å². The highest BCUT2D eigenvalue weighted by molar-refractivity contribution is 5.24. The van der Waals surface area contributed by atoms with Gasteiger partial charge in [0.15, 0.2) is 5.82 Å². The summed E-state index contributed by atoms with van der Waals surface area (Å²) < 4.78 is 12.6. The van der Waals surface area contributed by atoms with E-state index in [0.29, 0.717) is 18.0 Å². The molecule has 4 nitrogen and oxygen atoms in total. The van der Waals surface area contributed by atoms with Crippen LogP contribution in [0.5, 0.6) is 0 Å². The normalized spacial score (nSPS) is 26.7. The van der Waals surface area contributed by atoms with Gasteiger partial charge in [-0.3, -0.25) is 0 Å². The van der Waals surface area contributed by atoms with E-state index in [1.165, 1.54) is 12.4 Å². The molecule has 88 valence electrons.